The first kappa shape index (κ1) is 22.0. The van der Waals surface area contributed by atoms with Crippen LogP contribution in [0.15, 0.2) is 58.3 Å². The van der Waals surface area contributed by atoms with Crippen molar-refractivity contribution in [3.63, 3.8) is 0 Å². The summed E-state index contributed by atoms with van der Waals surface area (Å²) in [5.74, 6) is 0. The molecular formula is C14H14AgO6S2-2. The van der Waals surface area contributed by atoms with Crippen molar-refractivity contribution in [2.45, 2.75) is 23.6 Å². The van der Waals surface area contributed by atoms with Gasteiger partial charge in [0.1, 0.15) is 20.2 Å². The number of hydrogen-bond acceptors (Lipinski definition) is 6. The predicted octanol–water partition coefficient (Wildman–Crippen LogP) is 1.80. The maximum atomic E-state index is 10.4. The van der Waals surface area contributed by atoms with Gasteiger partial charge in [-0.25, -0.2) is 16.8 Å². The Bertz CT molecular complexity index is 752. The summed E-state index contributed by atoms with van der Waals surface area (Å²) in [6, 6.07) is 11.6. The topological polar surface area (TPSA) is 114 Å². The number of benzene rings is 2. The van der Waals surface area contributed by atoms with Crippen molar-refractivity contribution in [2.24, 2.45) is 0 Å². The molecule has 0 aliphatic rings. The van der Waals surface area contributed by atoms with E-state index in [0.717, 1.165) is 11.1 Å². The molecule has 0 aliphatic heterocycles. The Balaban J connectivity index is 0.000000403. The summed E-state index contributed by atoms with van der Waals surface area (Å²) in [6.45, 7) is 3.64. The zero-order valence-corrected chi connectivity index (χ0v) is 15.3. The fraction of sp³-hybridized carbons (Fsp3) is 0.143. The van der Waals surface area contributed by atoms with E-state index in [4.69, 9.17) is 0 Å². The summed E-state index contributed by atoms with van der Waals surface area (Å²) < 4.78 is 62.3. The van der Waals surface area contributed by atoms with Crippen molar-refractivity contribution in [3.05, 3.63) is 59.7 Å². The van der Waals surface area contributed by atoms with Crippen LogP contribution in [0.3, 0.4) is 0 Å². The van der Waals surface area contributed by atoms with Gasteiger partial charge in [-0.3, -0.25) is 0 Å². The third kappa shape index (κ3) is 7.89. The molecule has 0 heterocycles. The zero-order chi connectivity index (χ0) is 17.0. The molecule has 23 heavy (non-hydrogen) atoms. The summed E-state index contributed by atoms with van der Waals surface area (Å²) in [5.41, 5.74) is 1.86. The van der Waals surface area contributed by atoms with E-state index in [9.17, 15) is 25.9 Å². The van der Waals surface area contributed by atoms with Crippen molar-refractivity contribution in [3.8, 4) is 0 Å². The predicted molar refractivity (Wildman–Crippen MR) is 78.3 cm³/mol. The van der Waals surface area contributed by atoms with Crippen LogP contribution < -0.4 is 0 Å². The molecule has 2 aromatic rings. The fourth-order valence-corrected chi connectivity index (χ4v) is 2.35. The molecule has 2 rings (SSSR count). The van der Waals surface area contributed by atoms with Crippen molar-refractivity contribution >= 4 is 20.2 Å². The van der Waals surface area contributed by atoms with Crippen molar-refractivity contribution in [1.29, 1.82) is 0 Å². The van der Waals surface area contributed by atoms with E-state index in [-0.39, 0.29) is 32.2 Å². The Kier molecular flexibility index (Phi) is 8.36. The summed E-state index contributed by atoms with van der Waals surface area (Å²) in [7, 11) is -8.54. The van der Waals surface area contributed by atoms with Gasteiger partial charge < -0.3 is 9.11 Å². The maximum Gasteiger partial charge on any atom is 0.124 e. The van der Waals surface area contributed by atoms with E-state index in [0.29, 0.717) is 0 Å². The Hall–Kier alpha value is -1.000. The quantitative estimate of drug-likeness (QED) is 0.509. The first-order valence-corrected chi connectivity index (χ1v) is 8.87. The molecular weight excluding hydrogens is 436 g/mol. The third-order valence-electron chi connectivity index (χ3n) is 2.62. The summed E-state index contributed by atoms with van der Waals surface area (Å²) in [4.78, 5) is -0.355. The number of hydrogen-bond donors (Lipinski definition) is 0. The second kappa shape index (κ2) is 8.74. The van der Waals surface area contributed by atoms with E-state index in [1.807, 2.05) is 13.8 Å². The molecule has 0 spiro atoms. The molecule has 1 radical (unpaired) electrons. The van der Waals surface area contributed by atoms with Gasteiger partial charge in [0, 0.05) is 22.4 Å². The van der Waals surface area contributed by atoms with E-state index in [2.05, 4.69) is 0 Å². The summed E-state index contributed by atoms with van der Waals surface area (Å²) in [5, 5.41) is 0. The van der Waals surface area contributed by atoms with Gasteiger partial charge in [-0.1, -0.05) is 35.4 Å². The molecule has 9 heteroatoms. The average molecular weight is 450 g/mol. The van der Waals surface area contributed by atoms with E-state index < -0.39 is 20.2 Å². The van der Waals surface area contributed by atoms with Crippen molar-refractivity contribution in [2.75, 3.05) is 0 Å². The molecule has 0 saturated carbocycles. The minimum Gasteiger partial charge on any atom is -0.744 e. The molecule has 0 saturated heterocycles. The molecule has 0 fully saturated rings. The van der Waals surface area contributed by atoms with E-state index in [1.165, 1.54) is 24.3 Å². The van der Waals surface area contributed by atoms with Crippen LogP contribution in [-0.4, -0.2) is 25.9 Å². The average Bonchev–Trinajstić information content (AvgIpc) is 2.38. The Morgan fingerprint density at radius 1 is 0.609 bits per heavy atom. The summed E-state index contributed by atoms with van der Waals surface area (Å²) >= 11 is 0. The molecule has 0 N–H and O–H groups in total. The van der Waals surface area contributed by atoms with Crippen LogP contribution in [0.1, 0.15) is 11.1 Å². The van der Waals surface area contributed by atoms with Crippen LogP contribution in [0.4, 0.5) is 0 Å². The van der Waals surface area contributed by atoms with Crippen LogP contribution in [0.5, 0.6) is 0 Å². The SMILES string of the molecule is Cc1ccc(S(=O)(=O)[O-])cc1.Cc1ccc(S(=O)(=O)[O-])cc1.[Ag]. The van der Waals surface area contributed by atoms with Gasteiger partial charge in [-0.15, -0.1) is 0 Å². The Morgan fingerprint density at radius 3 is 1.00 bits per heavy atom. The molecule has 0 bridgehead atoms. The first-order chi connectivity index (χ1) is 10.00. The van der Waals surface area contributed by atoms with Crippen LogP contribution >= 0.6 is 0 Å². The molecule has 6 nitrogen and oxygen atoms in total. The van der Waals surface area contributed by atoms with Crippen LogP contribution in [0.2, 0.25) is 0 Å². The van der Waals surface area contributed by atoms with Crippen LogP contribution in [-0.2, 0) is 42.6 Å². The Morgan fingerprint density at radius 2 is 0.826 bits per heavy atom. The normalized spacial score (nSPS) is 11.0. The minimum absolute atomic E-state index is 0. The van der Waals surface area contributed by atoms with E-state index >= 15 is 0 Å². The summed E-state index contributed by atoms with van der Waals surface area (Å²) in [6.07, 6.45) is 0. The molecule has 0 unspecified atom stereocenters. The van der Waals surface area contributed by atoms with Gasteiger partial charge >= 0.3 is 0 Å². The molecule has 0 amide bonds. The van der Waals surface area contributed by atoms with Crippen LogP contribution in [0, 0.1) is 13.8 Å². The Labute approximate surface area is 151 Å². The third-order valence-corrected chi connectivity index (χ3v) is 4.32. The zero-order valence-electron chi connectivity index (χ0n) is 12.2. The van der Waals surface area contributed by atoms with Gasteiger partial charge in [0.25, 0.3) is 0 Å². The number of aryl methyl sites for hydroxylation is 2. The first-order valence-electron chi connectivity index (χ1n) is 6.05. The van der Waals surface area contributed by atoms with Crippen molar-refractivity contribution in [1.82, 2.24) is 0 Å². The maximum absolute atomic E-state index is 10.4. The molecule has 0 aliphatic carbocycles. The number of rotatable bonds is 2. The second-order valence-electron chi connectivity index (χ2n) is 4.53. The van der Waals surface area contributed by atoms with Gasteiger partial charge in [-0.05, 0) is 38.1 Å². The molecule has 2 aromatic carbocycles. The monoisotopic (exact) mass is 449 g/mol. The van der Waals surface area contributed by atoms with E-state index in [1.54, 1.807) is 24.3 Å². The molecule has 0 aromatic heterocycles. The van der Waals surface area contributed by atoms with Gasteiger partial charge in [0.2, 0.25) is 0 Å². The fourth-order valence-electron chi connectivity index (χ4n) is 1.41. The van der Waals surface area contributed by atoms with Crippen LogP contribution in [0.25, 0.3) is 0 Å². The largest absolute Gasteiger partial charge is 0.744 e. The van der Waals surface area contributed by atoms with Gasteiger partial charge in [0.05, 0.1) is 9.79 Å². The van der Waals surface area contributed by atoms with Gasteiger partial charge in [0.15, 0.2) is 0 Å². The molecule has 131 valence electrons. The second-order valence-corrected chi connectivity index (χ2v) is 7.29. The smallest absolute Gasteiger partial charge is 0.124 e. The minimum atomic E-state index is -4.27. The van der Waals surface area contributed by atoms with Gasteiger partial charge in [-0.2, -0.15) is 0 Å². The molecule has 0 atom stereocenters. The standard InChI is InChI=1S/2C7H8O3S.Ag/c2*1-6-2-4-7(5-3-6)11(8,9)10;/h2*2-5H,1H3,(H,8,9,10);/p-2. The van der Waals surface area contributed by atoms with Crippen molar-refractivity contribution < 1.29 is 48.3 Å².